The first-order chi connectivity index (χ1) is 10.5. The van der Waals surface area contributed by atoms with Gasteiger partial charge in [-0.05, 0) is 19.8 Å². The number of aromatic nitrogens is 2. The lowest BCUT2D eigenvalue weighted by Gasteiger charge is -2.36. The normalized spacial score (nSPS) is 27.7. The minimum atomic E-state index is -0.830. The van der Waals surface area contributed by atoms with Gasteiger partial charge in [0, 0.05) is 13.1 Å². The number of alkyl halides is 1. The molecule has 0 radical (unpaired) electrons. The highest BCUT2D eigenvalue weighted by Crippen LogP contribution is 2.40. The molecule has 1 amide bonds. The third kappa shape index (κ3) is 2.44. The maximum atomic E-state index is 12.7. The highest BCUT2D eigenvalue weighted by Gasteiger charge is 2.44. The van der Waals surface area contributed by atoms with E-state index < -0.39 is 17.5 Å². The third-order valence-corrected chi connectivity index (χ3v) is 5.18. The number of anilines is 2. The van der Waals surface area contributed by atoms with Gasteiger partial charge in [0.05, 0.1) is 18.2 Å². The number of carbonyl (C=O) groups excluding carboxylic acids is 1. The Hall–Kier alpha value is -1.40. The SMILES string of the molecule is CC(O)C1C(=O)N(C)c2cncnc2N(C2CCCC2)C1Cl. The molecular formula is C15H21ClN4O2. The number of fused-ring (bicyclic) bond motifs is 1. The monoisotopic (exact) mass is 324 g/mol. The van der Waals surface area contributed by atoms with Crippen LogP contribution in [0.2, 0.25) is 0 Å². The Morgan fingerprint density at radius 2 is 2.09 bits per heavy atom. The van der Waals surface area contributed by atoms with Crippen molar-refractivity contribution in [3.63, 3.8) is 0 Å². The van der Waals surface area contributed by atoms with Crippen LogP contribution in [-0.4, -0.2) is 45.7 Å². The van der Waals surface area contributed by atoms with E-state index in [0.29, 0.717) is 11.5 Å². The Balaban J connectivity index is 2.12. The van der Waals surface area contributed by atoms with Gasteiger partial charge in [-0.15, -0.1) is 0 Å². The van der Waals surface area contributed by atoms with Crippen LogP contribution in [0.15, 0.2) is 12.5 Å². The number of hydrogen-bond acceptors (Lipinski definition) is 5. The Morgan fingerprint density at radius 3 is 2.73 bits per heavy atom. The molecule has 0 saturated heterocycles. The second kappa shape index (κ2) is 6.01. The van der Waals surface area contributed by atoms with Gasteiger partial charge in [0.25, 0.3) is 0 Å². The van der Waals surface area contributed by atoms with Crippen LogP contribution in [0.4, 0.5) is 11.5 Å². The van der Waals surface area contributed by atoms with Crippen LogP contribution in [0.5, 0.6) is 0 Å². The molecule has 0 spiro atoms. The summed E-state index contributed by atoms with van der Waals surface area (Å²) >= 11 is 6.67. The second-order valence-electron chi connectivity index (χ2n) is 6.11. The molecule has 120 valence electrons. The van der Waals surface area contributed by atoms with Crippen LogP contribution in [-0.2, 0) is 4.79 Å². The minimum absolute atomic E-state index is 0.202. The number of rotatable bonds is 2. The maximum absolute atomic E-state index is 12.7. The predicted molar refractivity (Wildman–Crippen MR) is 85.0 cm³/mol. The Kier molecular flexibility index (Phi) is 4.23. The third-order valence-electron chi connectivity index (χ3n) is 4.69. The number of amides is 1. The van der Waals surface area contributed by atoms with E-state index in [1.807, 2.05) is 4.90 Å². The van der Waals surface area contributed by atoms with Crippen LogP contribution in [0.1, 0.15) is 32.6 Å². The van der Waals surface area contributed by atoms with Crippen LogP contribution >= 0.6 is 11.6 Å². The Bertz CT molecular complexity index is 562. The molecule has 3 unspecified atom stereocenters. The van der Waals surface area contributed by atoms with Crippen LogP contribution in [0, 0.1) is 5.92 Å². The summed E-state index contributed by atoms with van der Waals surface area (Å²) in [5, 5.41) is 10.1. The van der Waals surface area contributed by atoms with Crippen molar-refractivity contribution >= 4 is 29.0 Å². The summed E-state index contributed by atoms with van der Waals surface area (Å²) in [5.41, 5.74) is 0.0300. The van der Waals surface area contributed by atoms with Crippen molar-refractivity contribution in [2.45, 2.75) is 50.3 Å². The van der Waals surface area contributed by atoms with E-state index in [0.717, 1.165) is 25.7 Å². The fraction of sp³-hybridized carbons (Fsp3) is 0.667. The molecule has 1 fully saturated rings. The van der Waals surface area contributed by atoms with E-state index in [-0.39, 0.29) is 11.9 Å². The van der Waals surface area contributed by atoms with Crippen molar-refractivity contribution in [1.29, 1.82) is 0 Å². The number of carbonyl (C=O) groups is 1. The lowest BCUT2D eigenvalue weighted by molar-refractivity contribution is -0.125. The molecule has 3 atom stereocenters. The first-order valence-corrected chi connectivity index (χ1v) is 8.14. The summed E-state index contributed by atoms with van der Waals surface area (Å²) in [7, 11) is 1.68. The van der Waals surface area contributed by atoms with Crippen molar-refractivity contribution in [3.05, 3.63) is 12.5 Å². The number of nitrogens with zero attached hydrogens (tertiary/aromatic N) is 4. The van der Waals surface area contributed by atoms with E-state index in [1.165, 1.54) is 11.2 Å². The largest absolute Gasteiger partial charge is 0.392 e. The fourth-order valence-corrected chi connectivity index (χ4v) is 4.06. The topological polar surface area (TPSA) is 69.6 Å². The van der Waals surface area contributed by atoms with Gasteiger partial charge in [0.1, 0.15) is 17.5 Å². The van der Waals surface area contributed by atoms with Gasteiger partial charge < -0.3 is 14.9 Å². The highest BCUT2D eigenvalue weighted by atomic mass is 35.5. The quantitative estimate of drug-likeness (QED) is 0.663. The number of aliphatic hydroxyl groups excluding tert-OH is 1. The standard InChI is InChI=1S/C15H21ClN4O2/c1-9(21)12-13(16)20(10-5-3-4-6-10)14-11(7-17-8-18-14)19(2)15(12)22/h7-10,12-13,21H,3-6H2,1-2H3. The second-order valence-corrected chi connectivity index (χ2v) is 6.56. The molecule has 7 heteroatoms. The van der Waals surface area contributed by atoms with Gasteiger partial charge in [0.15, 0.2) is 5.82 Å². The first-order valence-electron chi connectivity index (χ1n) is 7.70. The molecule has 1 aromatic heterocycles. The molecule has 3 rings (SSSR count). The molecular weight excluding hydrogens is 304 g/mol. The molecule has 1 aromatic rings. The molecule has 2 aliphatic rings. The number of aliphatic hydroxyl groups is 1. The van der Waals surface area contributed by atoms with Crippen LogP contribution in [0.25, 0.3) is 0 Å². The number of halogens is 1. The molecule has 6 nitrogen and oxygen atoms in total. The van der Waals surface area contributed by atoms with Gasteiger partial charge >= 0.3 is 0 Å². The van der Waals surface area contributed by atoms with Crippen LogP contribution in [0.3, 0.4) is 0 Å². The first kappa shape index (κ1) is 15.5. The zero-order valence-electron chi connectivity index (χ0n) is 12.8. The van der Waals surface area contributed by atoms with E-state index in [2.05, 4.69) is 9.97 Å². The summed E-state index contributed by atoms with van der Waals surface area (Å²) in [5.74, 6) is -0.214. The molecule has 0 aromatic carbocycles. The Labute approximate surface area is 135 Å². The summed E-state index contributed by atoms with van der Waals surface area (Å²) in [6.07, 6.45) is 6.63. The van der Waals surface area contributed by atoms with Gasteiger partial charge in [-0.25, -0.2) is 9.97 Å². The van der Waals surface area contributed by atoms with E-state index in [1.54, 1.807) is 20.2 Å². The van der Waals surface area contributed by atoms with E-state index in [4.69, 9.17) is 11.6 Å². The summed E-state index contributed by atoms with van der Waals surface area (Å²) in [6, 6.07) is 0.247. The molecule has 1 saturated carbocycles. The molecule has 0 bridgehead atoms. The highest BCUT2D eigenvalue weighted by molar-refractivity contribution is 6.24. The lowest BCUT2D eigenvalue weighted by Crippen LogP contribution is -2.49. The predicted octanol–water partition coefficient (Wildman–Crippen LogP) is 1.76. The smallest absolute Gasteiger partial charge is 0.235 e. The number of hydrogen-bond donors (Lipinski definition) is 1. The zero-order chi connectivity index (χ0) is 15.9. The molecule has 1 N–H and O–H groups in total. The zero-order valence-corrected chi connectivity index (χ0v) is 13.6. The van der Waals surface area contributed by atoms with Gasteiger partial charge in [-0.2, -0.15) is 0 Å². The van der Waals surface area contributed by atoms with Crippen molar-refractivity contribution < 1.29 is 9.90 Å². The fourth-order valence-electron chi connectivity index (χ4n) is 3.49. The van der Waals surface area contributed by atoms with Crippen molar-refractivity contribution in [2.24, 2.45) is 5.92 Å². The van der Waals surface area contributed by atoms with Crippen molar-refractivity contribution in [1.82, 2.24) is 9.97 Å². The molecule has 2 heterocycles. The lowest BCUT2D eigenvalue weighted by atomic mass is 10.0. The molecule has 1 aliphatic carbocycles. The average molecular weight is 325 g/mol. The maximum Gasteiger partial charge on any atom is 0.235 e. The van der Waals surface area contributed by atoms with Gasteiger partial charge in [0.2, 0.25) is 5.91 Å². The van der Waals surface area contributed by atoms with Crippen LogP contribution < -0.4 is 9.80 Å². The summed E-state index contributed by atoms with van der Waals surface area (Å²) in [6.45, 7) is 1.61. The van der Waals surface area contributed by atoms with E-state index in [9.17, 15) is 9.90 Å². The van der Waals surface area contributed by atoms with Crippen molar-refractivity contribution in [2.75, 3.05) is 16.8 Å². The van der Waals surface area contributed by atoms with E-state index >= 15 is 0 Å². The average Bonchev–Trinajstić information content (AvgIpc) is 2.98. The Morgan fingerprint density at radius 1 is 1.41 bits per heavy atom. The minimum Gasteiger partial charge on any atom is -0.392 e. The van der Waals surface area contributed by atoms with Gasteiger partial charge in [-0.1, -0.05) is 24.4 Å². The van der Waals surface area contributed by atoms with Gasteiger partial charge in [-0.3, -0.25) is 4.79 Å². The molecule has 1 aliphatic heterocycles. The van der Waals surface area contributed by atoms with Crippen molar-refractivity contribution in [3.8, 4) is 0 Å². The summed E-state index contributed by atoms with van der Waals surface area (Å²) in [4.78, 5) is 24.7. The molecule has 22 heavy (non-hydrogen) atoms. The summed E-state index contributed by atoms with van der Waals surface area (Å²) < 4.78 is 0.